The van der Waals surface area contributed by atoms with Crippen LogP contribution in [0.15, 0.2) is 18.3 Å². The van der Waals surface area contributed by atoms with Gasteiger partial charge in [-0.3, -0.25) is 9.89 Å². The minimum absolute atomic E-state index is 0.259. The number of hydrogen-bond acceptors (Lipinski definition) is 5. The average molecular weight is 246 g/mol. The summed E-state index contributed by atoms with van der Waals surface area (Å²) in [6, 6.07) is 3.32. The van der Waals surface area contributed by atoms with Gasteiger partial charge in [-0.15, -0.1) is 10.2 Å². The highest BCUT2D eigenvalue weighted by Crippen LogP contribution is 2.03. The number of amides is 1. The first-order valence-electron chi connectivity index (χ1n) is 5.49. The molecule has 0 saturated heterocycles. The molecular formula is C11H14N6O. The first-order chi connectivity index (χ1) is 8.70. The predicted octanol–water partition coefficient (Wildman–Crippen LogP) is 0.480. The number of rotatable bonds is 4. The third kappa shape index (κ3) is 2.62. The molecule has 2 heterocycles. The summed E-state index contributed by atoms with van der Waals surface area (Å²) in [5.74, 6) is 0.364. The van der Waals surface area contributed by atoms with Crippen LogP contribution >= 0.6 is 0 Å². The molecule has 94 valence electrons. The molecule has 7 heteroatoms. The normalized spacial score (nSPS) is 10.1. The van der Waals surface area contributed by atoms with Crippen LogP contribution < -0.4 is 10.6 Å². The quantitative estimate of drug-likeness (QED) is 0.729. The Morgan fingerprint density at radius 2 is 2.22 bits per heavy atom. The summed E-state index contributed by atoms with van der Waals surface area (Å²) in [5, 5.41) is 20.0. The number of aryl methyl sites for hydroxylation is 1. The minimum Gasteiger partial charge on any atom is -0.372 e. The zero-order valence-corrected chi connectivity index (χ0v) is 10.2. The van der Waals surface area contributed by atoms with E-state index in [1.54, 1.807) is 25.4 Å². The summed E-state index contributed by atoms with van der Waals surface area (Å²) in [7, 11) is 1.74. The molecule has 2 aromatic rings. The fraction of sp³-hybridized carbons (Fsp3) is 0.273. The van der Waals surface area contributed by atoms with E-state index in [1.807, 2.05) is 6.92 Å². The van der Waals surface area contributed by atoms with Crippen LogP contribution in [0.2, 0.25) is 0 Å². The highest BCUT2D eigenvalue weighted by molar-refractivity contribution is 5.92. The molecule has 0 atom stereocenters. The van der Waals surface area contributed by atoms with Gasteiger partial charge in [0.1, 0.15) is 5.82 Å². The van der Waals surface area contributed by atoms with Crippen LogP contribution in [0.3, 0.4) is 0 Å². The lowest BCUT2D eigenvalue weighted by Crippen LogP contribution is -2.24. The van der Waals surface area contributed by atoms with E-state index >= 15 is 0 Å². The van der Waals surface area contributed by atoms with Crippen molar-refractivity contribution in [3.8, 4) is 0 Å². The van der Waals surface area contributed by atoms with E-state index < -0.39 is 0 Å². The number of aromatic nitrogens is 4. The van der Waals surface area contributed by atoms with Crippen LogP contribution in [0, 0.1) is 6.92 Å². The molecule has 3 N–H and O–H groups in total. The molecule has 18 heavy (non-hydrogen) atoms. The minimum atomic E-state index is -0.259. The second kappa shape index (κ2) is 5.26. The van der Waals surface area contributed by atoms with Gasteiger partial charge < -0.3 is 10.6 Å². The van der Waals surface area contributed by atoms with Crippen LogP contribution in [-0.4, -0.2) is 33.3 Å². The van der Waals surface area contributed by atoms with Crippen molar-refractivity contribution in [2.75, 3.05) is 12.4 Å². The molecule has 2 rings (SSSR count). The molecule has 0 saturated carbocycles. The monoisotopic (exact) mass is 246 g/mol. The Morgan fingerprint density at radius 1 is 1.39 bits per heavy atom. The Labute approximate surface area is 104 Å². The van der Waals surface area contributed by atoms with Crippen molar-refractivity contribution in [3.63, 3.8) is 0 Å². The fourth-order valence-corrected chi connectivity index (χ4v) is 1.41. The summed E-state index contributed by atoms with van der Waals surface area (Å²) < 4.78 is 0. The van der Waals surface area contributed by atoms with Gasteiger partial charge in [-0.1, -0.05) is 0 Å². The number of nitrogens with one attached hydrogen (secondary N) is 3. The molecule has 0 bridgehead atoms. The number of hydrogen-bond donors (Lipinski definition) is 3. The highest BCUT2D eigenvalue weighted by Gasteiger charge is 2.08. The van der Waals surface area contributed by atoms with Crippen molar-refractivity contribution in [1.29, 1.82) is 0 Å². The first kappa shape index (κ1) is 12.0. The maximum atomic E-state index is 11.8. The number of nitrogens with zero attached hydrogens (tertiary/aromatic N) is 3. The summed E-state index contributed by atoms with van der Waals surface area (Å²) in [6.45, 7) is 2.31. The first-order valence-corrected chi connectivity index (χ1v) is 5.49. The van der Waals surface area contributed by atoms with Gasteiger partial charge in [0, 0.05) is 24.8 Å². The summed E-state index contributed by atoms with van der Waals surface area (Å²) in [5.41, 5.74) is 2.17. The Hall–Kier alpha value is -2.44. The lowest BCUT2D eigenvalue weighted by Gasteiger charge is -2.04. The van der Waals surface area contributed by atoms with Gasteiger partial charge >= 0.3 is 0 Å². The van der Waals surface area contributed by atoms with Gasteiger partial charge in [0.2, 0.25) is 0 Å². The molecule has 7 nitrogen and oxygen atoms in total. The predicted molar refractivity (Wildman–Crippen MR) is 66.1 cm³/mol. The van der Waals surface area contributed by atoms with Crippen LogP contribution in [0.5, 0.6) is 0 Å². The highest BCUT2D eigenvalue weighted by atomic mass is 16.1. The Kier molecular flexibility index (Phi) is 3.52. The molecule has 0 aliphatic rings. The van der Waals surface area contributed by atoms with Gasteiger partial charge in [-0.25, -0.2) is 0 Å². The largest absolute Gasteiger partial charge is 0.372 e. The molecule has 0 radical (unpaired) electrons. The maximum Gasteiger partial charge on any atom is 0.272 e. The van der Waals surface area contributed by atoms with Crippen LogP contribution in [0.1, 0.15) is 21.7 Å². The van der Waals surface area contributed by atoms with E-state index in [9.17, 15) is 4.79 Å². The molecule has 0 fully saturated rings. The zero-order valence-electron chi connectivity index (χ0n) is 10.2. The van der Waals surface area contributed by atoms with Crippen molar-refractivity contribution >= 4 is 11.7 Å². The van der Waals surface area contributed by atoms with E-state index in [0.717, 1.165) is 11.3 Å². The Bertz CT molecular complexity index is 533. The molecule has 0 aliphatic heterocycles. The summed E-state index contributed by atoms with van der Waals surface area (Å²) in [4.78, 5) is 11.8. The fourth-order valence-electron chi connectivity index (χ4n) is 1.41. The van der Waals surface area contributed by atoms with Crippen LogP contribution in [-0.2, 0) is 6.54 Å². The van der Waals surface area contributed by atoms with E-state index in [1.165, 1.54) is 0 Å². The topological polar surface area (TPSA) is 95.6 Å². The van der Waals surface area contributed by atoms with E-state index in [0.29, 0.717) is 12.4 Å². The van der Waals surface area contributed by atoms with E-state index in [-0.39, 0.29) is 11.6 Å². The van der Waals surface area contributed by atoms with Gasteiger partial charge in [-0.05, 0) is 19.1 Å². The van der Waals surface area contributed by atoms with Gasteiger partial charge in [0.25, 0.3) is 5.91 Å². The Balaban J connectivity index is 1.97. The molecule has 0 aliphatic carbocycles. The molecule has 0 unspecified atom stereocenters. The van der Waals surface area contributed by atoms with E-state index in [4.69, 9.17) is 0 Å². The summed E-state index contributed by atoms with van der Waals surface area (Å²) >= 11 is 0. The van der Waals surface area contributed by atoms with Gasteiger partial charge in [0.05, 0.1) is 6.20 Å². The Morgan fingerprint density at radius 3 is 2.78 bits per heavy atom. The van der Waals surface area contributed by atoms with Crippen molar-refractivity contribution in [1.82, 2.24) is 25.7 Å². The molecule has 1 amide bonds. The SMILES string of the molecule is CNc1ccc(C(=O)NCc2cn[nH]c2C)nn1. The maximum absolute atomic E-state index is 11.8. The standard InChI is InChI=1S/C11H14N6O/c1-7-8(6-14-15-7)5-13-11(18)9-3-4-10(12-2)17-16-9/h3-4,6H,5H2,1-2H3,(H,12,17)(H,13,18)(H,14,15). The van der Waals surface area contributed by atoms with Crippen molar-refractivity contribution in [3.05, 3.63) is 35.3 Å². The second-order valence-corrected chi connectivity index (χ2v) is 3.76. The number of aromatic amines is 1. The van der Waals surface area contributed by atoms with E-state index in [2.05, 4.69) is 31.0 Å². The summed E-state index contributed by atoms with van der Waals surface area (Å²) in [6.07, 6.45) is 1.69. The van der Waals surface area contributed by atoms with Crippen LogP contribution in [0.25, 0.3) is 0 Å². The van der Waals surface area contributed by atoms with Crippen molar-refractivity contribution in [2.24, 2.45) is 0 Å². The number of anilines is 1. The van der Waals surface area contributed by atoms with Crippen molar-refractivity contribution < 1.29 is 4.79 Å². The van der Waals surface area contributed by atoms with Crippen molar-refractivity contribution in [2.45, 2.75) is 13.5 Å². The number of H-pyrrole nitrogens is 1. The third-order valence-corrected chi connectivity index (χ3v) is 2.53. The number of carbonyl (C=O) groups excluding carboxylic acids is 1. The number of carbonyl (C=O) groups is 1. The molecule has 2 aromatic heterocycles. The van der Waals surface area contributed by atoms with Gasteiger partial charge in [0.15, 0.2) is 5.69 Å². The lowest BCUT2D eigenvalue weighted by molar-refractivity contribution is 0.0945. The lowest BCUT2D eigenvalue weighted by atomic mass is 10.2. The molecule has 0 spiro atoms. The smallest absolute Gasteiger partial charge is 0.272 e. The van der Waals surface area contributed by atoms with Gasteiger partial charge in [-0.2, -0.15) is 5.10 Å². The second-order valence-electron chi connectivity index (χ2n) is 3.76. The average Bonchev–Trinajstić information content (AvgIpc) is 2.81. The zero-order chi connectivity index (χ0) is 13.0. The molecule has 0 aromatic carbocycles. The van der Waals surface area contributed by atoms with Crippen LogP contribution in [0.4, 0.5) is 5.82 Å². The molecular weight excluding hydrogens is 232 g/mol. The third-order valence-electron chi connectivity index (χ3n) is 2.53.